The van der Waals surface area contributed by atoms with Crippen molar-refractivity contribution in [3.8, 4) is 0 Å². The number of hydrogen-bond donors (Lipinski definition) is 2. The van der Waals surface area contributed by atoms with Gasteiger partial charge in [-0.1, -0.05) is 0 Å². The van der Waals surface area contributed by atoms with Crippen LogP contribution < -0.4 is 0 Å². The fourth-order valence-electron chi connectivity index (χ4n) is 0.954. The number of carboxylic acids is 1. The van der Waals surface area contributed by atoms with Crippen molar-refractivity contribution < 1.29 is 23.8 Å². The van der Waals surface area contributed by atoms with E-state index in [9.17, 15) is 13.6 Å². The average Bonchev–Trinajstić information content (AvgIpc) is 2.14. The van der Waals surface area contributed by atoms with Crippen molar-refractivity contribution in [2.75, 3.05) is 0 Å². The molecule has 3 nitrogen and oxygen atoms in total. The van der Waals surface area contributed by atoms with E-state index in [2.05, 4.69) is 31.9 Å². The van der Waals surface area contributed by atoms with Gasteiger partial charge in [0, 0.05) is 5.56 Å². The van der Waals surface area contributed by atoms with Crippen molar-refractivity contribution in [1.29, 1.82) is 0 Å². The van der Waals surface area contributed by atoms with Gasteiger partial charge in [0.05, 0.1) is 8.95 Å². The Morgan fingerprint density at radius 1 is 1.40 bits per heavy atom. The topological polar surface area (TPSA) is 57.5 Å². The SMILES string of the molecule is O=C(O)C(O)c1c(F)cc(Br)c(F)c1Br. The molecule has 0 aromatic heterocycles. The van der Waals surface area contributed by atoms with Crippen LogP contribution in [0.4, 0.5) is 8.78 Å². The monoisotopic (exact) mass is 344 g/mol. The van der Waals surface area contributed by atoms with E-state index in [4.69, 9.17) is 10.2 Å². The Hall–Kier alpha value is -0.530. The fourth-order valence-corrected chi connectivity index (χ4v) is 2.24. The van der Waals surface area contributed by atoms with Gasteiger partial charge in [-0.25, -0.2) is 13.6 Å². The standard InChI is InChI=1S/C8H4Br2F2O3/c9-2-1-3(11)4(5(10)6(2)12)7(13)8(14)15/h1,7,13H,(H,14,15). The van der Waals surface area contributed by atoms with E-state index in [0.29, 0.717) is 0 Å². The van der Waals surface area contributed by atoms with Gasteiger partial charge in [-0.2, -0.15) is 0 Å². The third-order valence-electron chi connectivity index (χ3n) is 1.66. The molecule has 0 amide bonds. The predicted molar refractivity (Wildman–Crippen MR) is 54.4 cm³/mol. The molecule has 2 N–H and O–H groups in total. The summed E-state index contributed by atoms with van der Waals surface area (Å²) in [4.78, 5) is 10.4. The maximum absolute atomic E-state index is 13.3. The molecule has 1 aromatic carbocycles. The van der Waals surface area contributed by atoms with E-state index in [0.717, 1.165) is 6.07 Å². The molecule has 7 heteroatoms. The molecule has 1 atom stereocenters. The summed E-state index contributed by atoms with van der Waals surface area (Å²) < 4.78 is 25.9. The number of rotatable bonds is 2. The van der Waals surface area contributed by atoms with E-state index in [-0.39, 0.29) is 4.47 Å². The Bertz CT molecular complexity index is 423. The Balaban J connectivity index is 3.42. The first-order valence-electron chi connectivity index (χ1n) is 3.60. The van der Waals surface area contributed by atoms with Crippen LogP contribution in [-0.4, -0.2) is 16.2 Å². The maximum atomic E-state index is 13.3. The smallest absolute Gasteiger partial charge is 0.337 e. The lowest BCUT2D eigenvalue weighted by molar-refractivity contribution is -0.147. The second-order valence-corrected chi connectivity index (χ2v) is 4.27. The molecule has 0 aliphatic carbocycles. The van der Waals surface area contributed by atoms with E-state index in [1.54, 1.807) is 0 Å². The largest absolute Gasteiger partial charge is 0.479 e. The number of halogens is 4. The molecular weight excluding hydrogens is 342 g/mol. The van der Waals surface area contributed by atoms with Crippen LogP contribution in [0.1, 0.15) is 11.7 Å². The van der Waals surface area contributed by atoms with Crippen molar-refractivity contribution in [3.05, 3.63) is 32.2 Å². The van der Waals surface area contributed by atoms with Crippen LogP contribution in [0.3, 0.4) is 0 Å². The van der Waals surface area contributed by atoms with Gasteiger partial charge in [0.2, 0.25) is 0 Å². The molecule has 0 saturated carbocycles. The summed E-state index contributed by atoms with van der Waals surface area (Å²) in [5, 5.41) is 17.6. The Morgan fingerprint density at radius 3 is 2.40 bits per heavy atom. The van der Waals surface area contributed by atoms with Crippen LogP contribution in [0.5, 0.6) is 0 Å². The number of carbonyl (C=O) groups is 1. The number of hydrogen-bond acceptors (Lipinski definition) is 2. The molecule has 0 fully saturated rings. The van der Waals surface area contributed by atoms with Crippen LogP contribution >= 0.6 is 31.9 Å². The van der Waals surface area contributed by atoms with Crippen molar-refractivity contribution in [2.24, 2.45) is 0 Å². The highest BCUT2D eigenvalue weighted by Crippen LogP contribution is 2.33. The van der Waals surface area contributed by atoms with Crippen LogP contribution in [-0.2, 0) is 4.79 Å². The lowest BCUT2D eigenvalue weighted by Crippen LogP contribution is -2.13. The molecule has 1 rings (SSSR count). The summed E-state index contributed by atoms with van der Waals surface area (Å²) in [7, 11) is 0. The van der Waals surface area contributed by atoms with Gasteiger partial charge >= 0.3 is 5.97 Å². The molecule has 0 saturated heterocycles. The minimum Gasteiger partial charge on any atom is -0.479 e. The first-order chi connectivity index (χ1) is 6.86. The molecule has 0 spiro atoms. The molecule has 0 aliphatic rings. The van der Waals surface area contributed by atoms with Gasteiger partial charge in [0.1, 0.15) is 5.82 Å². The predicted octanol–water partition coefficient (Wildman–Crippen LogP) is 2.61. The second-order valence-electron chi connectivity index (χ2n) is 2.62. The summed E-state index contributed by atoms with van der Waals surface area (Å²) in [5.74, 6) is -3.53. The Morgan fingerprint density at radius 2 is 1.93 bits per heavy atom. The molecular formula is C8H4Br2F2O3. The highest BCUT2D eigenvalue weighted by molar-refractivity contribution is 9.11. The van der Waals surface area contributed by atoms with E-state index >= 15 is 0 Å². The number of aliphatic hydroxyl groups is 1. The third-order valence-corrected chi connectivity index (χ3v) is 3.01. The summed E-state index contributed by atoms with van der Waals surface area (Å²) in [6, 6.07) is 0.752. The molecule has 1 aromatic rings. The number of carboxylic acid groups (broad SMARTS) is 1. The summed E-state index contributed by atoms with van der Waals surface area (Å²) >= 11 is 5.43. The van der Waals surface area contributed by atoms with Gasteiger partial charge in [0.15, 0.2) is 11.9 Å². The van der Waals surface area contributed by atoms with E-state index < -0.39 is 33.7 Å². The highest BCUT2D eigenvalue weighted by atomic mass is 79.9. The van der Waals surface area contributed by atoms with Crippen LogP contribution in [0.15, 0.2) is 15.0 Å². The van der Waals surface area contributed by atoms with Crippen molar-refractivity contribution >= 4 is 37.8 Å². The molecule has 0 aliphatic heterocycles. The Kier molecular flexibility index (Phi) is 3.80. The summed E-state index contributed by atoms with van der Waals surface area (Å²) in [6.07, 6.45) is -2.11. The minimum absolute atomic E-state index is 0.159. The summed E-state index contributed by atoms with van der Waals surface area (Å²) in [5.41, 5.74) is -0.636. The zero-order chi connectivity index (χ0) is 11.7. The van der Waals surface area contributed by atoms with Crippen LogP contribution in [0, 0.1) is 11.6 Å². The molecule has 0 radical (unpaired) electrons. The number of aliphatic carboxylic acids is 1. The first kappa shape index (κ1) is 12.5. The van der Waals surface area contributed by atoms with Gasteiger partial charge in [-0.15, -0.1) is 0 Å². The van der Waals surface area contributed by atoms with Crippen LogP contribution in [0.25, 0.3) is 0 Å². The second kappa shape index (κ2) is 4.54. The molecule has 82 valence electrons. The van der Waals surface area contributed by atoms with Gasteiger partial charge in [-0.05, 0) is 37.9 Å². The highest BCUT2D eigenvalue weighted by Gasteiger charge is 2.26. The van der Waals surface area contributed by atoms with Gasteiger partial charge < -0.3 is 10.2 Å². The molecule has 0 heterocycles. The molecule has 15 heavy (non-hydrogen) atoms. The normalized spacial score (nSPS) is 12.6. The van der Waals surface area contributed by atoms with Gasteiger partial charge in [0.25, 0.3) is 0 Å². The third kappa shape index (κ3) is 2.35. The lowest BCUT2D eigenvalue weighted by atomic mass is 10.1. The fraction of sp³-hybridized carbons (Fsp3) is 0.125. The molecule has 0 bridgehead atoms. The van der Waals surface area contributed by atoms with Crippen molar-refractivity contribution in [1.82, 2.24) is 0 Å². The van der Waals surface area contributed by atoms with E-state index in [1.807, 2.05) is 0 Å². The number of benzene rings is 1. The zero-order valence-electron chi connectivity index (χ0n) is 6.97. The minimum atomic E-state index is -2.11. The maximum Gasteiger partial charge on any atom is 0.337 e. The van der Waals surface area contributed by atoms with Crippen molar-refractivity contribution in [3.63, 3.8) is 0 Å². The molecule has 1 unspecified atom stereocenters. The van der Waals surface area contributed by atoms with E-state index in [1.165, 1.54) is 0 Å². The summed E-state index contributed by atoms with van der Waals surface area (Å²) in [6.45, 7) is 0. The van der Waals surface area contributed by atoms with Gasteiger partial charge in [-0.3, -0.25) is 0 Å². The zero-order valence-corrected chi connectivity index (χ0v) is 10.1. The quantitative estimate of drug-likeness (QED) is 0.640. The van der Waals surface area contributed by atoms with Crippen LogP contribution in [0.2, 0.25) is 0 Å². The van der Waals surface area contributed by atoms with Crippen molar-refractivity contribution in [2.45, 2.75) is 6.10 Å². The average molecular weight is 346 g/mol. The first-order valence-corrected chi connectivity index (χ1v) is 5.18. The lowest BCUT2D eigenvalue weighted by Gasteiger charge is -2.11. The number of aliphatic hydroxyl groups excluding tert-OH is 1. The Labute approximate surface area is 100.0 Å².